The Morgan fingerprint density at radius 1 is 1.35 bits per heavy atom. The number of anilines is 1. The molecule has 2 N–H and O–H groups in total. The van der Waals surface area contributed by atoms with E-state index in [4.69, 9.17) is 5.11 Å². The molecule has 2 rings (SSSR count). The molecule has 1 fully saturated rings. The molecule has 0 amide bonds. The fraction of sp³-hybridized carbons (Fsp3) is 0.625. The third-order valence-corrected chi connectivity index (χ3v) is 4.24. The van der Waals surface area contributed by atoms with Crippen molar-refractivity contribution in [2.45, 2.75) is 52.4 Å². The number of aryl methyl sites for hydroxylation is 1. The molecule has 0 bridgehead atoms. The van der Waals surface area contributed by atoms with Crippen LogP contribution >= 0.6 is 0 Å². The molecular weight excluding hydrogens is 252 g/mol. The summed E-state index contributed by atoms with van der Waals surface area (Å²) in [4.78, 5) is 15.6. The maximum atomic E-state index is 11.1. The Morgan fingerprint density at radius 3 is 2.65 bits per heavy atom. The lowest BCUT2D eigenvalue weighted by Crippen LogP contribution is -2.29. The van der Waals surface area contributed by atoms with E-state index in [2.05, 4.69) is 17.2 Å². The zero-order valence-corrected chi connectivity index (χ0v) is 12.4. The van der Waals surface area contributed by atoms with Crippen molar-refractivity contribution in [2.24, 2.45) is 5.41 Å². The summed E-state index contributed by atoms with van der Waals surface area (Å²) in [5.74, 6) is -0.206. The number of nitrogens with one attached hydrogen (secondary N) is 1. The summed E-state index contributed by atoms with van der Waals surface area (Å²) in [7, 11) is 0. The van der Waals surface area contributed by atoms with Crippen LogP contribution < -0.4 is 5.32 Å². The van der Waals surface area contributed by atoms with Crippen LogP contribution in [-0.2, 0) is 6.42 Å². The molecule has 4 nitrogen and oxygen atoms in total. The highest BCUT2D eigenvalue weighted by Gasteiger charge is 2.26. The van der Waals surface area contributed by atoms with E-state index >= 15 is 0 Å². The zero-order valence-electron chi connectivity index (χ0n) is 12.4. The molecule has 1 aliphatic rings. The molecule has 0 radical (unpaired) electrons. The Kier molecular flexibility index (Phi) is 4.63. The van der Waals surface area contributed by atoms with E-state index in [1.54, 1.807) is 12.1 Å². The molecule has 1 saturated carbocycles. The van der Waals surface area contributed by atoms with E-state index in [1.165, 1.54) is 32.1 Å². The van der Waals surface area contributed by atoms with Crippen LogP contribution in [0.15, 0.2) is 12.1 Å². The van der Waals surface area contributed by atoms with Gasteiger partial charge in [0.05, 0.1) is 5.56 Å². The van der Waals surface area contributed by atoms with Crippen molar-refractivity contribution in [3.8, 4) is 0 Å². The van der Waals surface area contributed by atoms with E-state index in [-0.39, 0.29) is 0 Å². The summed E-state index contributed by atoms with van der Waals surface area (Å²) in [6, 6.07) is 3.28. The number of aromatic carboxylic acids is 1. The minimum absolute atomic E-state index is 0.311. The summed E-state index contributed by atoms with van der Waals surface area (Å²) in [5, 5.41) is 12.5. The molecule has 0 spiro atoms. The minimum atomic E-state index is -0.894. The summed E-state index contributed by atoms with van der Waals surface area (Å²) in [5.41, 5.74) is 1.44. The van der Waals surface area contributed by atoms with Gasteiger partial charge in [0, 0.05) is 12.2 Å². The second-order valence-corrected chi connectivity index (χ2v) is 6.12. The Hall–Kier alpha value is -1.58. The number of aromatic nitrogens is 1. The molecule has 4 heteroatoms. The fourth-order valence-electron chi connectivity index (χ4n) is 2.87. The standard InChI is InChI=1S/C16H24N2O2/c1-3-13-9-12(15(19)20)10-14(18-13)17-11-16(2)7-5-4-6-8-16/h9-10H,3-8,11H2,1-2H3,(H,17,18)(H,19,20). The first-order chi connectivity index (χ1) is 9.52. The van der Waals surface area contributed by atoms with Crippen LogP contribution in [0.2, 0.25) is 0 Å². The Labute approximate surface area is 120 Å². The average Bonchev–Trinajstić information content (AvgIpc) is 2.45. The van der Waals surface area contributed by atoms with Crippen molar-refractivity contribution in [1.82, 2.24) is 4.98 Å². The van der Waals surface area contributed by atoms with E-state index in [0.717, 1.165) is 18.7 Å². The number of carboxylic acid groups (broad SMARTS) is 1. The number of carboxylic acids is 1. The highest BCUT2D eigenvalue weighted by atomic mass is 16.4. The molecule has 0 aliphatic heterocycles. The largest absolute Gasteiger partial charge is 0.478 e. The van der Waals surface area contributed by atoms with Gasteiger partial charge in [-0.3, -0.25) is 0 Å². The first-order valence-electron chi connectivity index (χ1n) is 7.50. The van der Waals surface area contributed by atoms with Crippen LogP contribution in [0.5, 0.6) is 0 Å². The molecular formula is C16H24N2O2. The topological polar surface area (TPSA) is 62.2 Å². The van der Waals surface area contributed by atoms with Crippen LogP contribution in [0, 0.1) is 5.41 Å². The quantitative estimate of drug-likeness (QED) is 0.860. The molecule has 1 aliphatic carbocycles. The lowest BCUT2D eigenvalue weighted by molar-refractivity contribution is 0.0696. The smallest absolute Gasteiger partial charge is 0.335 e. The monoisotopic (exact) mass is 276 g/mol. The van der Waals surface area contributed by atoms with Crippen LogP contribution in [0.1, 0.15) is 62.0 Å². The number of hydrogen-bond acceptors (Lipinski definition) is 3. The Bertz CT molecular complexity index is 479. The van der Waals surface area contributed by atoms with Crippen molar-refractivity contribution in [1.29, 1.82) is 0 Å². The lowest BCUT2D eigenvalue weighted by Gasteiger charge is -2.33. The zero-order chi connectivity index (χ0) is 14.6. The summed E-state index contributed by atoms with van der Waals surface area (Å²) >= 11 is 0. The van der Waals surface area contributed by atoms with Crippen molar-refractivity contribution >= 4 is 11.8 Å². The van der Waals surface area contributed by atoms with E-state index in [0.29, 0.717) is 16.8 Å². The van der Waals surface area contributed by atoms with Crippen LogP contribution in [0.25, 0.3) is 0 Å². The van der Waals surface area contributed by atoms with Gasteiger partial charge in [-0.25, -0.2) is 9.78 Å². The molecule has 0 aromatic carbocycles. The second-order valence-electron chi connectivity index (χ2n) is 6.12. The first kappa shape index (κ1) is 14.8. The van der Waals surface area contributed by atoms with Gasteiger partial charge in [-0.2, -0.15) is 0 Å². The van der Waals surface area contributed by atoms with Crippen molar-refractivity contribution in [3.63, 3.8) is 0 Å². The van der Waals surface area contributed by atoms with Crippen molar-refractivity contribution in [2.75, 3.05) is 11.9 Å². The van der Waals surface area contributed by atoms with Gasteiger partial charge < -0.3 is 10.4 Å². The molecule has 1 aromatic heterocycles. The molecule has 110 valence electrons. The summed E-state index contributed by atoms with van der Waals surface area (Å²) in [6.07, 6.45) is 7.13. The van der Waals surface area contributed by atoms with Gasteiger partial charge in [-0.05, 0) is 36.8 Å². The highest BCUT2D eigenvalue weighted by molar-refractivity contribution is 5.88. The van der Waals surface area contributed by atoms with E-state index in [1.807, 2.05) is 6.92 Å². The number of rotatable bonds is 5. The van der Waals surface area contributed by atoms with Gasteiger partial charge in [-0.1, -0.05) is 33.1 Å². The van der Waals surface area contributed by atoms with Gasteiger partial charge in [0.1, 0.15) is 5.82 Å². The molecule has 1 heterocycles. The predicted molar refractivity (Wildman–Crippen MR) is 80.3 cm³/mol. The van der Waals surface area contributed by atoms with E-state index < -0.39 is 5.97 Å². The van der Waals surface area contributed by atoms with Gasteiger partial charge in [0.2, 0.25) is 0 Å². The maximum Gasteiger partial charge on any atom is 0.335 e. The Morgan fingerprint density at radius 2 is 2.05 bits per heavy atom. The molecule has 20 heavy (non-hydrogen) atoms. The van der Waals surface area contributed by atoms with Gasteiger partial charge in [0.15, 0.2) is 0 Å². The van der Waals surface area contributed by atoms with Gasteiger partial charge >= 0.3 is 5.97 Å². The molecule has 0 atom stereocenters. The SMILES string of the molecule is CCc1cc(C(=O)O)cc(NCC2(C)CCCCC2)n1. The number of pyridine rings is 1. The third-order valence-electron chi connectivity index (χ3n) is 4.24. The fourth-order valence-corrected chi connectivity index (χ4v) is 2.87. The molecule has 1 aromatic rings. The second kappa shape index (κ2) is 6.25. The number of carbonyl (C=O) groups is 1. The van der Waals surface area contributed by atoms with Crippen LogP contribution in [0.3, 0.4) is 0 Å². The Balaban J connectivity index is 2.08. The normalized spacial score (nSPS) is 17.7. The van der Waals surface area contributed by atoms with Gasteiger partial charge in [0.25, 0.3) is 0 Å². The third kappa shape index (κ3) is 3.71. The summed E-state index contributed by atoms with van der Waals surface area (Å²) in [6.45, 7) is 5.16. The first-order valence-corrected chi connectivity index (χ1v) is 7.50. The minimum Gasteiger partial charge on any atom is -0.478 e. The summed E-state index contributed by atoms with van der Waals surface area (Å²) < 4.78 is 0. The van der Waals surface area contributed by atoms with Crippen LogP contribution in [0.4, 0.5) is 5.82 Å². The van der Waals surface area contributed by atoms with Crippen molar-refractivity contribution < 1.29 is 9.90 Å². The van der Waals surface area contributed by atoms with E-state index in [9.17, 15) is 4.79 Å². The number of nitrogens with zero attached hydrogens (tertiary/aromatic N) is 1. The number of hydrogen-bond donors (Lipinski definition) is 2. The maximum absolute atomic E-state index is 11.1. The van der Waals surface area contributed by atoms with Gasteiger partial charge in [-0.15, -0.1) is 0 Å². The lowest BCUT2D eigenvalue weighted by atomic mass is 9.76. The predicted octanol–water partition coefficient (Wildman–Crippen LogP) is 3.72. The molecule has 0 saturated heterocycles. The van der Waals surface area contributed by atoms with Crippen molar-refractivity contribution in [3.05, 3.63) is 23.4 Å². The average molecular weight is 276 g/mol. The van der Waals surface area contributed by atoms with Crippen LogP contribution in [-0.4, -0.2) is 22.6 Å². The highest BCUT2D eigenvalue weighted by Crippen LogP contribution is 2.35. The molecule has 0 unspecified atom stereocenters.